The first-order chi connectivity index (χ1) is 6.53. The van der Waals surface area contributed by atoms with Crippen molar-refractivity contribution >= 4 is 0 Å². The van der Waals surface area contributed by atoms with Gasteiger partial charge in [-0.1, -0.05) is 19.8 Å². The summed E-state index contributed by atoms with van der Waals surface area (Å²) in [6, 6.07) is 0. The van der Waals surface area contributed by atoms with Crippen LogP contribution in [0.4, 0.5) is 0 Å². The van der Waals surface area contributed by atoms with Gasteiger partial charge in [0.1, 0.15) is 0 Å². The summed E-state index contributed by atoms with van der Waals surface area (Å²) in [4.78, 5) is 0. The molecule has 0 amide bonds. The lowest BCUT2D eigenvalue weighted by Gasteiger charge is -2.18. The maximum absolute atomic E-state index is 9.68. The number of unbranched alkanes of at least 4 members (excludes halogenated alkanes) is 1. The Bertz CT molecular complexity index is 168. The molecule has 1 saturated heterocycles. The van der Waals surface area contributed by atoms with E-state index in [1.165, 1.54) is 0 Å². The summed E-state index contributed by atoms with van der Waals surface area (Å²) in [6.07, 6.45) is 3.61. The molecule has 0 bridgehead atoms. The lowest BCUT2D eigenvalue weighted by molar-refractivity contribution is -0.141. The van der Waals surface area contributed by atoms with Gasteiger partial charge < -0.3 is 14.6 Å². The molecule has 3 nitrogen and oxygen atoms in total. The molecular weight excluding hydrogens is 180 g/mol. The molecule has 0 aromatic heterocycles. The van der Waals surface area contributed by atoms with Crippen LogP contribution < -0.4 is 0 Å². The highest BCUT2D eigenvalue weighted by atomic mass is 16.7. The van der Waals surface area contributed by atoms with Crippen molar-refractivity contribution in [3.63, 3.8) is 0 Å². The third-order valence-corrected chi connectivity index (χ3v) is 2.49. The summed E-state index contributed by atoms with van der Waals surface area (Å²) >= 11 is 0. The zero-order chi connectivity index (χ0) is 10.6. The van der Waals surface area contributed by atoms with E-state index in [0.717, 1.165) is 19.3 Å². The first kappa shape index (κ1) is 12.0. The van der Waals surface area contributed by atoms with Crippen LogP contribution in [-0.2, 0) is 9.47 Å². The lowest BCUT2D eigenvalue weighted by Crippen LogP contribution is -2.24. The molecule has 1 N–H and O–H groups in total. The lowest BCUT2D eigenvalue weighted by atomic mass is 10.1. The molecule has 1 fully saturated rings. The molecule has 84 valence electrons. The topological polar surface area (TPSA) is 38.7 Å². The summed E-state index contributed by atoms with van der Waals surface area (Å²) < 4.78 is 11.0. The standard InChI is InChI=1S/C11H22O3/c1-4-5-6-9(12)7-10-8-13-11(2,3)14-10/h9-10,12H,4-8H2,1-3H3. The largest absolute Gasteiger partial charge is 0.393 e. The van der Waals surface area contributed by atoms with E-state index in [1.807, 2.05) is 13.8 Å². The van der Waals surface area contributed by atoms with E-state index in [-0.39, 0.29) is 12.2 Å². The molecule has 14 heavy (non-hydrogen) atoms. The van der Waals surface area contributed by atoms with Crippen LogP contribution in [0.15, 0.2) is 0 Å². The van der Waals surface area contributed by atoms with Crippen LogP contribution in [0.25, 0.3) is 0 Å². The van der Waals surface area contributed by atoms with Crippen molar-refractivity contribution in [1.29, 1.82) is 0 Å². The first-order valence-electron chi connectivity index (χ1n) is 5.53. The number of rotatable bonds is 5. The molecule has 0 aromatic carbocycles. The average Bonchev–Trinajstić information content (AvgIpc) is 2.42. The molecule has 0 radical (unpaired) electrons. The van der Waals surface area contributed by atoms with Crippen molar-refractivity contribution in [2.45, 2.75) is 64.4 Å². The second-order valence-corrected chi connectivity index (χ2v) is 4.48. The van der Waals surface area contributed by atoms with Crippen LogP contribution in [0.2, 0.25) is 0 Å². The van der Waals surface area contributed by atoms with Gasteiger partial charge in [-0.15, -0.1) is 0 Å². The molecule has 2 atom stereocenters. The van der Waals surface area contributed by atoms with Crippen LogP contribution in [0, 0.1) is 0 Å². The molecular formula is C11H22O3. The number of hydrogen-bond donors (Lipinski definition) is 1. The van der Waals surface area contributed by atoms with E-state index in [4.69, 9.17) is 9.47 Å². The third-order valence-electron chi connectivity index (χ3n) is 2.49. The zero-order valence-corrected chi connectivity index (χ0v) is 9.45. The van der Waals surface area contributed by atoms with E-state index in [1.54, 1.807) is 0 Å². The van der Waals surface area contributed by atoms with Gasteiger partial charge in [-0.3, -0.25) is 0 Å². The van der Waals surface area contributed by atoms with Crippen LogP contribution in [0.3, 0.4) is 0 Å². The van der Waals surface area contributed by atoms with Gasteiger partial charge in [0.2, 0.25) is 0 Å². The maximum atomic E-state index is 9.68. The Morgan fingerprint density at radius 1 is 1.50 bits per heavy atom. The Hall–Kier alpha value is -0.120. The Kier molecular flexibility index (Phi) is 4.35. The van der Waals surface area contributed by atoms with Crippen LogP contribution in [0.5, 0.6) is 0 Å². The van der Waals surface area contributed by atoms with E-state index in [9.17, 15) is 5.11 Å². The van der Waals surface area contributed by atoms with E-state index in [0.29, 0.717) is 13.0 Å². The molecule has 0 saturated carbocycles. The molecule has 1 aliphatic heterocycles. The van der Waals surface area contributed by atoms with E-state index < -0.39 is 5.79 Å². The quantitative estimate of drug-likeness (QED) is 0.741. The predicted octanol–water partition coefficient (Wildman–Crippen LogP) is 2.08. The minimum absolute atomic E-state index is 0.0665. The maximum Gasteiger partial charge on any atom is 0.163 e. The molecule has 3 heteroatoms. The predicted molar refractivity (Wildman–Crippen MR) is 55.1 cm³/mol. The van der Waals surface area contributed by atoms with Gasteiger partial charge in [-0.05, 0) is 20.3 Å². The second-order valence-electron chi connectivity index (χ2n) is 4.48. The number of aliphatic hydroxyl groups is 1. The van der Waals surface area contributed by atoms with Gasteiger partial charge in [-0.2, -0.15) is 0 Å². The summed E-state index contributed by atoms with van der Waals surface area (Å²) in [7, 11) is 0. The summed E-state index contributed by atoms with van der Waals surface area (Å²) in [6.45, 7) is 6.55. The molecule has 1 aliphatic rings. The van der Waals surface area contributed by atoms with E-state index >= 15 is 0 Å². The molecule has 2 unspecified atom stereocenters. The highest BCUT2D eigenvalue weighted by molar-refractivity contribution is 4.73. The van der Waals surface area contributed by atoms with Gasteiger partial charge in [0, 0.05) is 6.42 Å². The minimum atomic E-state index is -0.463. The average molecular weight is 202 g/mol. The molecule has 0 spiro atoms. The van der Waals surface area contributed by atoms with Crippen molar-refractivity contribution in [3.05, 3.63) is 0 Å². The SMILES string of the molecule is CCCCC(O)CC1COC(C)(C)O1. The summed E-state index contributed by atoms with van der Waals surface area (Å²) in [5.74, 6) is -0.463. The Morgan fingerprint density at radius 3 is 2.71 bits per heavy atom. The minimum Gasteiger partial charge on any atom is -0.393 e. The summed E-state index contributed by atoms with van der Waals surface area (Å²) in [5, 5.41) is 9.68. The van der Waals surface area contributed by atoms with Gasteiger partial charge in [0.25, 0.3) is 0 Å². The zero-order valence-electron chi connectivity index (χ0n) is 9.45. The van der Waals surface area contributed by atoms with Crippen LogP contribution in [-0.4, -0.2) is 29.7 Å². The van der Waals surface area contributed by atoms with Crippen molar-refractivity contribution < 1.29 is 14.6 Å². The normalized spacial score (nSPS) is 27.9. The fourth-order valence-electron chi connectivity index (χ4n) is 1.74. The van der Waals surface area contributed by atoms with Gasteiger partial charge in [0.15, 0.2) is 5.79 Å². The molecule has 1 rings (SSSR count). The Morgan fingerprint density at radius 2 is 2.21 bits per heavy atom. The molecule has 1 heterocycles. The number of aliphatic hydroxyl groups excluding tert-OH is 1. The van der Waals surface area contributed by atoms with Crippen molar-refractivity contribution in [2.75, 3.05) is 6.61 Å². The Balaban J connectivity index is 2.18. The third kappa shape index (κ3) is 3.95. The van der Waals surface area contributed by atoms with Crippen molar-refractivity contribution in [2.24, 2.45) is 0 Å². The Labute approximate surface area is 86.4 Å². The fourth-order valence-corrected chi connectivity index (χ4v) is 1.74. The summed E-state index contributed by atoms with van der Waals surface area (Å²) in [5.41, 5.74) is 0. The second kappa shape index (κ2) is 5.10. The van der Waals surface area contributed by atoms with Gasteiger partial charge >= 0.3 is 0 Å². The highest BCUT2D eigenvalue weighted by Gasteiger charge is 2.33. The molecule has 0 aromatic rings. The van der Waals surface area contributed by atoms with Crippen molar-refractivity contribution in [1.82, 2.24) is 0 Å². The van der Waals surface area contributed by atoms with E-state index in [2.05, 4.69) is 6.92 Å². The monoisotopic (exact) mass is 202 g/mol. The number of hydrogen-bond acceptors (Lipinski definition) is 3. The van der Waals surface area contributed by atoms with Gasteiger partial charge in [0.05, 0.1) is 18.8 Å². The van der Waals surface area contributed by atoms with Crippen LogP contribution in [0.1, 0.15) is 46.5 Å². The van der Waals surface area contributed by atoms with Crippen molar-refractivity contribution in [3.8, 4) is 0 Å². The smallest absolute Gasteiger partial charge is 0.163 e. The highest BCUT2D eigenvalue weighted by Crippen LogP contribution is 2.25. The first-order valence-corrected chi connectivity index (χ1v) is 5.53. The van der Waals surface area contributed by atoms with Crippen LogP contribution >= 0.6 is 0 Å². The van der Waals surface area contributed by atoms with Gasteiger partial charge in [-0.25, -0.2) is 0 Å². The molecule has 0 aliphatic carbocycles. The number of ether oxygens (including phenoxy) is 2. The fraction of sp³-hybridized carbons (Fsp3) is 1.00.